The molecule has 1 saturated carbocycles. The quantitative estimate of drug-likeness (QED) is 0.742. The van der Waals surface area contributed by atoms with E-state index in [2.05, 4.69) is 10.3 Å². The molecule has 1 atom stereocenters. The molecule has 14 heavy (non-hydrogen) atoms. The van der Waals surface area contributed by atoms with E-state index in [1.807, 2.05) is 7.05 Å². The summed E-state index contributed by atoms with van der Waals surface area (Å²) in [6.45, 7) is 0. The molecule has 0 saturated heterocycles. The third kappa shape index (κ3) is 1.71. The Balaban J connectivity index is 2.07. The zero-order valence-corrected chi connectivity index (χ0v) is 7.97. The molecule has 0 spiro atoms. The van der Waals surface area contributed by atoms with Crippen LogP contribution in [0.4, 0.5) is 5.95 Å². The highest BCUT2D eigenvalue weighted by atomic mass is 16.4. The highest BCUT2D eigenvalue weighted by Gasteiger charge is 2.36. The predicted octanol–water partition coefficient (Wildman–Crippen LogP) is 0.695. The van der Waals surface area contributed by atoms with Crippen LogP contribution < -0.4 is 5.32 Å². The molecule has 0 aliphatic heterocycles. The highest BCUT2D eigenvalue weighted by Crippen LogP contribution is 2.34. The topological polar surface area (TPSA) is 67.2 Å². The molecule has 0 bridgehead atoms. The Morgan fingerprint density at radius 1 is 1.79 bits per heavy atom. The number of carboxylic acid groups (broad SMARTS) is 1. The van der Waals surface area contributed by atoms with Gasteiger partial charge in [0, 0.05) is 19.4 Å². The summed E-state index contributed by atoms with van der Waals surface area (Å²) >= 11 is 0. The van der Waals surface area contributed by atoms with Gasteiger partial charge in [-0.2, -0.15) is 0 Å². The first-order valence-corrected chi connectivity index (χ1v) is 4.65. The normalized spacial score (nSPS) is 17.8. The average Bonchev–Trinajstić information content (AvgIpc) is 2.87. The van der Waals surface area contributed by atoms with E-state index >= 15 is 0 Å². The molecular formula is C9H13N3O2. The van der Waals surface area contributed by atoms with Crippen LogP contribution in [0.5, 0.6) is 0 Å². The molecule has 76 valence electrons. The van der Waals surface area contributed by atoms with Crippen LogP contribution in [0.15, 0.2) is 12.4 Å². The van der Waals surface area contributed by atoms with E-state index in [9.17, 15) is 4.79 Å². The van der Waals surface area contributed by atoms with Crippen LogP contribution in [0.2, 0.25) is 0 Å². The summed E-state index contributed by atoms with van der Waals surface area (Å²) in [5.41, 5.74) is 0. The maximum Gasteiger partial charge on any atom is 0.326 e. The molecule has 1 heterocycles. The second kappa shape index (κ2) is 3.32. The lowest BCUT2D eigenvalue weighted by molar-refractivity contribution is -0.138. The van der Waals surface area contributed by atoms with Crippen LogP contribution >= 0.6 is 0 Å². The molecule has 1 aliphatic carbocycles. The van der Waals surface area contributed by atoms with E-state index in [1.54, 1.807) is 17.0 Å². The Labute approximate surface area is 81.8 Å². The van der Waals surface area contributed by atoms with Crippen molar-refractivity contribution in [3.63, 3.8) is 0 Å². The molecule has 0 amide bonds. The minimum Gasteiger partial charge on any atom is -0.480 e. The number of nitrogens with zero attached hydrogens (tertiary/aromatic N) is 2. The van der Waals surface area contributed by atoms with Crippen molar-refractivity contribution in [2.75, 3.05) is 5.32 Å². The largest absolute Gasteiger partial charge is 0.480 e. The van der Waals surface area contributed by atoms with Crippen molar-refractivity contribution in [3.05, 3.63) is 12.4 Å². The number of aliphatic carboxylic acids is 1. The predicted molar refractivity (Wildman–Crippen MR) is 51.0 cm³/mol. The summed E-state index contributed by atoms with van der Waals surface area (Å²) in [5, 5.41) is 11.9. The molecule has 1 aromatic heterocycles. The van der Waals surface area contributed by atoms with Gasteiger partial charge in [-0.3, -0.25) is 0 Å². The van der Waals surface area contributed by atoms with Crippen molar-refractivity contribution < 1.29 is 9.90 Å². The van der Waals surface area contributed by atoms with Gasteiger partial charge in [-0.05, 0) is 18.8 Å². The Morgan fingerprint density at radius 3 is 2.93 bits per heavy atom. The molecule has 2 N–H and O–H groups in total. The average molecular weight is 195 g/mol. The van der Waals surface area contributed by atoms with Crippen molar-refractivity contribution in [3.8, 4) is 0 Å². The summed E-state index contributed by atoms with van der Waals surface area (Å²) in [5.74, 6) is 0.0870. The molecule has 1 fully saturated rings. The number of aromatic nitrogens is 2. The van der Waals surface area contributed by atoms with Gasteiger partial charge in [0.15, 0.2) is 0 Å². The fraction of sp³-hybridized carbons (Fsp3) is 0.556. The lowest BCUT2D eigenvalue weighted by Crippen LogP contribution is -2.32. The van der Waals surface area contributed by atoms with Crippen LogP contribution in [-0.2, 0) is 11.8 Å². The Kier molecular flexibility index (Phi) is 2.15. The van der Waals surface area contributed by atoms with E-state index in [-0.39, 0.29) is 5.92 Å². The fourth-order valence-corrected chi connectivity index (χ4v) is 1.45. The van der Waals surface area contributed by atoms with Crippen LogP contribution in [-0.4, -0.2) is 26.7 Å². The number of anilines is 1. The first kappa shape index (κ1) is 9.05. The fourth-order valence-electron chi connectivity index (χ4n) is 1.45. The van der Waals surface area contributed by atoms with Gasteiger partial charge in [0.2, 0.25) is 5.95 Å². The van der Waals surface area contributed by atoms with E-state index in [4.69, 9.17) is 5.11 Å². The molecule has 2 rings (SSSR count). The van der Waals surface area contributed by atoms with Crippen molar-refractivity contribution in [1.82, 2.24) is 9.55 Å². The lowest BCUT2D eigenvalue weighted by Gasteiger charge is -2.13. The first-order chi connectivity index (χ1) is 6.68. The third-order valence-electron chi connectivity index (χ3n) is 2.47. The smallest absolute Gasteiger partial charge is 0.326 e. The standard InChI is InChI=1S/C9H13N3O2/c1-12-5-4-10-9(12)11-7(8(13)14)6-2-3-6/h4-7H,2-3H2,1H3,(H,10,11)(H,13,14). The van der Waals surface area contributed by atoms with Crippen molar-refractivity contribution in [2.45, 2.75) is 18.9 Å². The maximum atomic E-state index is 10.9. The number of carboxylic acids is 1. The molecule has 1 aromatic rings. The summed E-state index contributed by atoms with van der Waals surface area (Å²) in [6.07, 6.45) is 5.42. The van der Waals surface area contributed by atoms with Crippen molar-refractivity contribution in [1.29, 1.82) is 0 Å². The van der Waals surface area contributed by atoms with Crippen LogP contribution in [0.3, 0.4) is 0 Å². The van der Waals surface area contributed by atoms with Crippen molar-refractivity contribution in [2.24, 2.45) is 13.0 Å². The molecule has 1 unspecified atom stereocenters. The van der Waals surface area contributed by atoms with Gasteiger partial charge in [-0.15, -0.1) is 0 Å². The number of nitrogens with one attached hydrogen (secondary N) is 1. The first-order valence-electron chi connectivity index (χ1n) is 4.65. The van der Waals surface area contributed by atoms with E-state index in [0.717, 1.165) is 12.8 Å². The third-order valence-corrected chi connectivity index (χ3v) is 2.47. The summed E-state index contributed by atoms with van der Waals surface area (Å²) in [7, 11) is 1.83. The minimum absolute atomic E-state index is 0.268. The maximum absolute atomic E-state index is 10.9. The Hall–Kier alpha value is -1.52. The molecule has 5 nitrogen and oxygen atoms in total. The van der Waals surface area contributed by atoms with Gasteiger partial charge in [0.05, 0.1) is 0 Å². The highest BCUT2D eigenvalue weighted by molar-refractivity contribution is 5.77. The number of hydrogen-bond acceptors (Lipinski definition) is 3. The van der Waals surface area contributed by atoms with Gasteiger partial charge >= 0.3 is 5.97 Å². The van der Waals surface area contributed by atoms with E-state index in [1.165, 1.54) is 0 Å². The Bertz CT molecular complexity index is 344. The zero-order valence-electron chi connectivity index (χ0n) is 7.97. The van der Waals surface area contributed by atoms with Gasteiger partial charge in [0.1, 0.15) is 6.04 Å². The molecule has 0 aromatic carbocycles. The zero-order chi connectivity index (χ0) is 10.1. The summed E-state index contributed by atoms with van der Waals surface area (Å²) in [6, 6.07) is -0.490. The monoisotopic (exact) mass is 195 g/mol. The molecule has 5 heteroatoms. The summed E-state index contributed by atoms with van der Waals surface area (Å²) < 4.78 is 1.78. The second-order valence-corrected chi connectivity index (χ2v) is 3.66. The van der Waals surface area contributed by atoms with Crippen LogP contribution in [0.25, 0.3) is 0 Å². The lowest BCUT2D eigenvalue weighted by atomic mass is 10.2. The number of imidazole rings is 1. The van der Waals surface area contributed by atoms with Gasteiger partial charge in [-0.25, -0.2) is 9.78 Å². The second-order valence-electron chi connectivity index (χ2n) is 3.66. The summed E-state index contributed by atoms with van der Waals surface area (Å²) in [4.78, 5) is 15.0. The van der Waals surface area contributed by atoms with E-state index in [0.29, 0.717) is 5.95 Å². The van der Waals surface area contributed by atoms with Gasteiger partial charge in [-0.1, -0.05) is 0 Å². The minimum atomic E-state index is -0.796. The van der Waals surface area contributed by atoms with Crippen LogP contribution in [0.1, 0.15) is 12.8 Å². The Morgan fingerprint density at radius 2 is 2.50 bits per heavy atom. The SMILES string of the molecule is Cn1ccnc1NC(C(=O)O)C1CC1. The van der Waals surface area contributed by atoms with Gasteiger partial charge in [0.25, 0.3) is 0 Å². The van der Waals surface area contributed by atoms with Gasteiger partial charge < -0.3 is 15.0 Å². The number of hydrogen-bond donors (Lipinski definition) is 2. The molecule has 1 aliphatic rings. The molecular weight excluding hydrogens is 182 g/mol. The number of rotatable bonds is 4. The number of aryl methyl sites for hydroxylation is 1. The van der Waals surface area contributed by atoms with Crippen molar-refractivity contribution >= 4 is 11.9 Å². The van der Waals surface area contributed by atoms with Crippen LogP contribution in [0, 0.1) is 5.92 Å². The molecule has 0 radical (unpaired) electrons. The van der Waals surface area contributed by atoms with E-state index < -0.39 is 12.0 Å². The number of carbonyl (C=O) groups is 1.